The van der Waals surface area contributed by atoms with Crippen molar-refractivity contribution in [2.24, 2.45) is 5.92 Å². The summed E-state index contributed by atoms with van der Waals surface area (Å²) in [4.78, 5) is 25.8. The van der Waals surface area contributed by atoms with Crippen LogP contribution in [0.2, 0.25) is 0 Å². The van der Waals surface area contributed by atoms with Gasteiger partial charge in [-0.1, -0.05) is 51.8 Å². The van der Waals surface area contributed by atoms with Crippen LogP contribution in [0.3, 0.4) is 0 Å². The Kier molecular flexibility index (Phi) is 7.67. The van der Waals surface area contributed by atoms with Gasteiger partial charge in [-0.25, -0.2) is 0 Å². The van der Waals surface area contributed by atoms with Crippen LogP contribution in [-0.2, 0) is 24.1 Å². The zero-order chi connectivity index (χ0) is 21.5. The van der Waals surface area contributed by atoms with Crippen molar-refractivity contribution in [1.82, 2.24) is 5.32 Å². The molecule has 0 spiro atoms. The first-order chi connectivity index (χ1) is 14.5. The number of rotatable bonds is 9. The average Bonchev–Trinajstić information content (AvgIpc) is 3.23. The second-order valence-electron chi connectivity index (χ2n) is 8.46. The minimum absolute atomic E-state index is 0.0344. The van der Waals surface area contributed by atoms with Gasteiger partial charge >= 0.3 is 0 Å². The fourth-order valence-corrected chi connectivity index (χ4v) is 4.00. The summed E-state index contributed by atoms with van der Waals surface area (Å²) in [5.74, 6) is -0.325. The summed E-state index contributed by atoms with van der Waals surface area (Å²) >= 11 is 0. The Balaban J connectivity index is 1.67. The third kappa shape index (κ3) is 5.50. The van der Waals surface area contributed by atoms with Gasteiger partial charge in [0.05, 0.1) is 0 Å². The number of hydrogen-bond donors (Lipinski definition) is 2. The summed E-state index contributed by atoms with van der Waals surface area (Å²) < 4.78 is 0. The standard InChI is InChI=1S/C26H34N2O2/c1-4-6-8-19-11-13-21(14-12-19)25(29)28-24(18(3)5-2)26(30)27-23-16-15-20-9-7-10-22(20)17-23/h11-18,24H,4-10H2,1-3H3,(H,27,30)(H,28,29)/t18-,24-/m0/s1. The third-order valence-corrected chi connectivity index (χ3v) is 6.18. The predicted octanol–water partition coefficient (Wildman–Crippen LogP) is 5.30. The predicted molar refractivity (Wildman–Crippen MR) is 123 cm³/mol. The summed E-state index contributed by atoms with van der Waals surface area (Å²) in [5, 5.41) is 5.99. The zero-order valence-corrected chi connectivity index (χ0v) is 18.5. The number of anilines is 1. The van der Waals surface area contributed by atoms with Gasteiger partial charge in [0.1, 0.15) is 6.04 Å². The highest BCUT2D eigenvalue weighted by atomic mass is 16.2. The van der Waals surface area contributed by atoms with E-state index in [2.05, 4.69) is 29.7 Å². The molecule has 4 nitrogen and oxygen atoms in total. The third-order valence-electron chi connectivity index (χ3n) is 6.18. The van der Waals surface area contributed by atoms with Gasteiger partial charge in [0.2, 0.25) is 5.91 Å². The molecule has 0 radical (unpaired) electrons. The topological polar surface area (TPSA) is 58.2 Å². The second-order valence-corrected chi connectivity index (χ2v) is 8.46. The Morgan fingerprint density at radius 2 is 1.73 bits per heavy atom. The van der Waals surface area contributed by atoms with Crippen molar-refractivity contribution in [3.8, 4) is 0 Å². The molecule has 2 amide bonds. The number of amides is 2. The first kappa shape index (κ1) is 22.1. The summed E-state index contributed by atoms with van der Waals surface area (Å²) in [6.45, 7) is 6.21. The molecule has 0 heterocycles. The smallest absolute Gasteiger partial charge is 0.251 e. The number of carbonyl (C=O) groups excluding carboxylic acids is 2. The van der Waals surface area contributed by atoms with Gasteiger partial charge in [-0.2, -0.15) is 0 Å². The molecule has 0 aliphatic heterocycles. The van der Waals surface area contributed by atoms with Crippen LogP contribution < -0.4 is 10.6 Å². The van der Waals surface area contributed by atoms with Gasteiger partial charge in [0.25, 0.3) is 5.91 Å². The van der Waals surface area contributed by atoms with E-state index in [1.54, 1.807) is 0 Å². The number of unbranched alkanes of at least 4 members (excludes halogenated alkanes) is 1. The van der Waals surface area contributed by atoms with E-state index in [1.807, 2.05) is 44.2 Å². The van der Waals surface area contributed by atoms with Crippen molar-refractivity contribution >= 4 is 17.5 Å². The van der Waals surface area contributed by atoms with Crippen LogP contribution in [0.1, 0.15) is 73.5 Å². The maximum atomic E-state index is 13.0. The number of carbonyl (C=O) groups is 2. The van der Waals surface area contributed by atoms with E-state index in [9.17, 15) is 9.59 Å². The minimum atomic E-state index is -0.574. The van der Waals surface area contributed by atoms with Gasteiger partial charge in [0.15, 0.2) is 0 Å². The highest BCUT2D eigenvalue weighted by Crippen LogP contribution is 2.25. The Morgan fingerprint density at radius 3 is 2.43 bits per heavy atom. The molecule has 2 atom stereocenters. The van der Waals surface area contributed by atoms with Crippen molar-refractivity contribution in [3.05, 3.63) is 64.7 Å². The molecule has 1 aliphatic rings. The van der Waals surface area contributed by atoms with Crippen molar-refractivity contribution in [2.45, 2.75) is 71.8 Å². The van der Waals surface area contributed by atoms with E-state index in [1.165, 1.54) is 23.1 Å². The molecule has 160 valence electrons. The van der Waals surface area contributed by atoms with Gasteiger partial charge in [0, 0.05) is 11.3 Å². The van der Waals surface area contributed by atoms with Crippen LogP contribution in [-0.4, -0.2) is 17.9 Å². The SMILES string of the molecule is CCCCc1ccc(C(=O)N[C@H](C(=O)Nc2ccc3c(c2)CCC3)[C@@H](C)CC)cc1. The van der Waals surface area contributed by atoms with Crippen LogP contribution in [0, 0.1) is 5.92 Å². The number of hydrogen-bond acceptors (Lipinski definition) is 2. The molecule has 0 saturated carbocycles. The van der Waals surface area contributed by atoms with Crippen LogP contribution in [0.15, 0.2) is 42.5 Å². The van der Waals surface area contributed by atoms with E-state index in [-0.39, 0.29) is 17.7 Å². The van der Waals surface area contributed by atoms with E-state index in [4.69, 9.17) is 0 Å². The molecule has 0 saturated heterocycles. The monoisotopic (exact) mass is 406 g/mol. The van der Waals surface area contributed by atoms with E-state index in [0.29, 0.717) is 5.56 Å². The number of benzene rings is 2. The number of nitrogens with one attached hydrogen (secondary N) is 2. The van der Waals surface area contributed by atoms with Crippen molar-refractivity contribution in [2.75, 3.05) is 5.32 Å². The van der Waals surface area contributed by atoms with E-state index in [0.717, 1.165) is 44.2 Å². The highest BCUT2D eigenvalue weighted by molar-refractivity contribution is 6.01. The molecule has 3 rings (SSSR count). The largest absolute Gasteiger partial charge is 0.340 e. The molecule has 2 N–H and O–H groups in total. The lowest BCUT2D eigenvalue weighted by Crippen LogP contribution is -2.47. The van der Waals surface area contributed by atoms with Gasteiger partial charge in [-0.15, -0.1) is 0 Å². The molecule has 0 fully saturated rings. The second kappa shape index (κ2) is 10.4. The molecule has 0 bridgehead atoms. The highest BCUT2D eigenvalue weighted by Gasteiger charge is 2.26. The Bertz CT molecular complexity index is 873. The maximum absolute atomic E-state index is 13.0. The molecule has 1 aliphatic carbocycles. The van der Waals surface area contributed by atoms with Gasteiger partial charge in [-0.3, -0.25) is 9.59 Å². The number of aryl methyl sites for hydroxylation is 3. The Hall–Kier alpha value is -2.62. The van der Waals surface area contributed by atoms with E-state index < -0.39 is 6.04 Å². The molecule has 30 heavy (non-hydrogen) atoms. The molecule has 2 aromatic carbocycles. The Labute approximate surface area is 180 Å². The first-order valence-corrected chi connectivity index (χ1v) is 11.3. The summed E-state index contributed by atoms with van der Waals surface area (Å²) in [7, 11) is 0. The zero-order valence-electron chi connectivity index (χ0n) is 18.5. The lowest BCUT2D eigenvalue weighted by Gasteiger charge is -2.24. The quantitative estimate of drug-likeness (QED) is 0.593. The first-order valence-electron chi connectivity index (χ1n) is 11.3. The summed E-state index contributed by atoms with van der Waals surface area (Å²) in [6.07, 6.45) is 7.49. The van der Waals surface area contributed by atoms with Crippen molar-refractivity contribution in [3.63, 3.8) is 0 Å². The molecular weight excluding hydrogens is 372 g/mol. The Morgan fingerprint density at radius 1 is 1.00 bits per heavy atom. The number of fused-ring (bicyclic) bond motifs is 1. The van der Waals surface area contributed by atoms with Crippen LogP contribution in [0.5, 0.6) is 0 Å². The van der Waals surface area contributed by atoms with Crippen molar-refractivity contribution < 1.29 is 9.59 Å². The summed E-state index contributed by atoms with van der Waals surface area (Å²) in [6, 6.07) is 13.3. The van der Waals surface area contributed by atoms with Crippen LogP contribution >= 0.6 is 0 Å². The fourth-order valence-electron chi connectivity index (χ4n) is 4.00. The van der Waals surface area contributed by atoms with Crippen molar-refractivity contribution in [1.29, 1.82) is 0 Å². The van der Waals surface area contributed by atoms with E-state index >= 15 is 0 Å². The molecule has 0 unspecified atom stereocenters. The fraction of sp³-hybridized carbons (Fsp3) is 0.462. The summed E-state index contributed by atoms with van der Waals surface area (Å²) in [5.41, 5.74) is 5.33. The average molecular weight is 407 g/mol. The molecule has 4 heteroatoms. The lowest BCUT2D eigenvalue weighted by atomic mass is 9.97. The maximum Gasteiger partial charge on any atom is 0.251 e. The molecule has 2 aromatic rings. The molecule has 0 aromatic heterocycles. The van der Waals surface area contributed by atoms with Crippen LogP contribution in [0.4, 0.5) is 5.69 Å². The van der Waals surface area contributed by atoms with Gasteiger partial charge < -0.3 is 10.6 Å². The van der Waals surface area contributed by atoms with Crippen LogP contribution in [0.25, 0.3) is 0 Å². The van der Waals surface area contributed by atoms with Gasteiger partial charge in [-0.05, 0) is 79.0 Å². The molecular formula is C26H34N2O2. The minimum Gasteiger partial charge on any atom is -0.340 e. The normalized spacial score (nSPS) is 14.6. The lowest BCUT2D eigenvalue weighted by molar-refractivity contribution is -0.119.